The Morgan fingerprint density at radius 2 is 2.04 bits per heavy atom. The number of halogens is 2. The van der Waals surface area contributed by atoms with Gasteiger partial charge in [-0.1, -0.05) is 28.1 Å². The van der Waals surface area contributed by atoms with Gasteiger partial charge in [-0.15, -0.1) is 0 Å². The Hall–Kier alpha value is -3.00. The Morgan fingerprint density at radius 3 is 2.78 bits per heavy atom. The Bertz CT molecular complexity index is 1050. The predicted molar refractivity (Wildman–Crippen MR) is 103 cm³/mol. The molecule has 0 aliphatic carbocycles. The van der Waals surface area contributed by atoms with E-state index in [0.717, 1.165) is 10.2 Å². The van der Waals surface area contributed by atoms with Gasteiger partial charge in [0.15, 0.2) is 0 Å². The molecule has 2 aromatic carbocycles. The first kappa shape index (κ1) is 18.8. The summed E-state index contributed by atoms with van der Waals surface area (Å²) in [5.74, 6) is -0.493. The molecule has 0 bridgehead atoms. The van der Waals surface area contributed by atoms with Gasteiger partial charge in [0, 0.05) is 16.1 Å². The van der Waals surface area contributed by atoms with Crippen molar-refractivity contribution in [2.45, 2.75) is 6.54 Å². The molecule has 0 spiro atoms. The molecule has 27 heavy (non-hydrogen) atoms. The standard InChI is InChI=1S/C19H15BrFN3O3/c1-27-14-4-2-3-12(9-14)16-7-8-19(26)24(23-16)11-18(25)22-17-6-5-13(20)10-15(17)21/h2-10H,11H2,1H3,(H,22,25). The molecular weight excluding hydrogens is 417 g/mol. The molecule has 0 fully saturated rings. The third-order valence-corrected chi connectivity index (χ3v) is 4.22. The van der Waals surface area contributed by atoms with Crippen molar-refractivity contribution in [1.82, 2.24) is 9.78 Å². The highest BCUT2D eigenvalue weighted by Gasteiger charge is 2.11. The summed E-state index contributed by atoms with van der Waals surface area (Å²) in [4.78, 5) is 24.3. The molecule has 1 heterocycles. The fraction of sp³-hybridized carbons (Fsp3) is 0.105. The summed E-state index contributed by atoms with van der Waals surface area (Å²) >= 11 is 3.15. The zero-order chi connectivity index (χ0) is 19.4. The molecule has 1 amide bonds. The Kier molecular flexibility index (Phi) is 5.66. The molecule has 0 unspecified atom stereocenters. The van der Waals surface area contributed by atoms with Crippen molar-refractivity contribution < 1.29 is 13.9 Å². The number of aromatic nitrogens is 2. The van der Waals surface area contributed by atoms with E-state index in [9.17, 15) is 14.0 Å². The number of amides is 1. The van der Waals surface area contributed by atoms with Crippen LogP contribution in [-0.2, 0) is 11.3 Å². The van der Waals surface area contributed by atoms with Crippen LogP contribution in [-0.4, -0.2) is 22.8 Å². The van der Waals surface area contributed by atoms with Crippen molar-refractivity contribution in [3.05, 3.63) is 75.2 Å². The van der Waals surface area contributed by atoms with Crippen LogP contribution in [0.3, 0.4) is 0 Å². The average molecular weight is 432 g/mol. The average Bonchev–Trinajstić information content (AvgIpc) is 2.66. The van der Waals surface area contributed by atoms with Crippen molar-refractivity contribution in [2.24, 2.45) is 0 Å². The topological polar surface area (TPSA) is 73.2 Å². The number of ether oxygens (including phenoxy) is 1. The van der Waals surface area contributed by atoms with E-state index in [-0.39, 0.29) is 12.2 Å². The van der Waals surface area contributed by atoms with Crippen LogP contribution in [0.2, 0.25) is 0 Å². The van der Waals surface area contributed by atoms with Crippen molar-refractivity contribution in [2.75, 3.05) is 12.4 Å². The maximum atomic E-state index is 13.8. The Balaban J connectivity index is 1.82. The summed E-state index contributed by atoms with van der Waals surface area (Å²) in [6.07, 6.45) is 0. The van der Waals surface area contributed by atoms with Crippen molar-refractivity contribution in [3.63, 3.8) is 0 Å². The molecule has 138 valence electrons. The lowest BCUT2D eigenvalue weighted by atomic mass is 10.1. The van der Waals surface area contributed by atoms with E-state index in [4.69, 9.17) is 4.74 Å². The van der Waals surface area contributed by atoms with Crippen LogP contribution in [0.15, 0.2) is 63.9 Å². The van der Waals surface area contributed by atoms with Crippen LogP contribution in [0.1, 0.15) is 0 Å². The van der Waals surface area contributed by atoms with Crippen molar-refractivity contribution in [3.8, 4) is 17.0 Å². The number of hydrogen-bond donors (Lipinski definition) is 1. The SMILES string of the molecule is COc1cccc(-c2ccc(=O)n(CC(=O)Nc3ccc(Br)cc3F)n2)c1. The first-order valence-corrected chi connectivity index (χ1v) is 8.73. The summed E-state index contributed by atoms with van der Waals surface area (Å²) in [6.45, 7) is -0.341. The number of nitrogens with zero attached hydrogens (tertiary/aromatic N) is 2. The van der Waals surface area contributed by atoms with Crippen molar-refractivity contribution >= 4 is 27.5 Å². The lowest BCUT2D eigenvalue weighted by Gasteiger charge is -2.09. The number of benzene rings is 2. The van der Waals surface area contributed by atoms with Gasteiger partial charge in [-0.2, -0.15) is 5.10 Å². The molecule has 0 saturated carbocycles. The minimum absolute atomic E-state index is 0.0280. The van der Waals surface area contributed by atoms with Crippen molar-refractivity contribution in [1.29, 1.82) is 0 Å². The third kappa shape index (κ3) is 4.59. The maximum Gasteiger partial charge on any atom is 0.267 e. The van der Waals surface area contributed by atoms with Crippen LogP contribution in [0.25, 0.3) is 11.3 Å². The smallest absolute Gasteiger partial charge is 0.267 e. The lowest BCUT2D eigenvalue weighted by molar-refractivity contribution is -0.117. The van der Waals surface area contributed by atoms with E-state index in [2.05, 4.69) is 26.3 Å². The van der Waals surface area contributed by atoms with Crippen LogP contribution in [0.4, 0.5) is 10.1 Å². The fourth-order valence-electron chi connectivity index (χ4n) is 2.42. The first-order chi connectivity index (χ1) is 13.0. The maximum absolute atomic E-state index is 13.8. The highest BCUT2D eigenvalue weighted by molar-refractivity contribution is 9.10. The number of methoxy groups -OCH3 is 1. The molecule has 1 aromatic heterocycles. The van der Waals surface area contributed by atoms with Crippen LogP contribution in [0.5, 0.6) is 5.75 Å². The zero-order valence-corrected chi connectivity index (χ0v) is 15.9. The van der Waals surface area contributed by atoms with Gasteiger partial charge in [0.2, 0.25) is 5.91 Å². The molecule has 8 heteroatoms. The molecule has 1 N–H and O–H groups in total. The number of hydrogen-bond acceptors (Lipinski definition) is 4. The molecule has 0 atom stereocenters. The molecule has 6 nitrogen and oxygen atoms in total. The third-order valence-electron chi connectivity index (χ3n) is 3.73. The van der Waals surface area contributed by atoms with Gasteiger partial charge in [-0.05, 0) is 36.4 Å². The van der Waals surface area contributed by atoms with Gasteiger partial charge < -0.3 is 10.1 Å². The second kappa shape index (κ2) is 8.13. The molecule has 0 aliphatic heterocycles. The molecule has 0 radical (unpaired) electrons. The predicted octanol–water partition coefficient (Wildman–Crippen LogP) is 3.46. The quantitative estimate of drug-likeness (QED) is 0.671. The summed E-state index contributed by atoms with van der Waals surface area (Å²) in [5, 5.41) is 6.66. The number of carbonyl (C=O) groups excluding carboxylic acids is 1. The molecular formula is C19H15BrFN3O3. The first-order valence-electron chi connectivity index (χ1n) is 7.94. The number of carbonyl (C=O) groups is 1. The van der Waals surface area contributed by atoms with Crippen LogP contribution >= 0.6 is 15.9 Å². The van der Waals surface area contributed by atoms with E-state index in [1.165, 1.54) is 18.2 Å². The van der Waals surface area contributed by atoms with Gasteiger partial charge in [-0.25, -0.2) is 9.07 Å². The molecule has 3 aromatic rings. The van der Waals surface area contributed by atoms with E-state index < -0.39 is 17.3 Å². The summed E-state index contributed by atoms with van der Waals surface area (Å²) < 4.78 is 20.6. The van der Waals surface area contributed by atoms with Gasteiger partial charge >= 0.3 is 0 Å². The molecule has 3 rings (SSSR count). The zero-order valence-electron chi connectivity index (χ0n) is 14.3. The fourth-order valence-corrected chi connectivity index (χ4v) is 2.75. The highest BCUT2D eigenvalue weighted by Crippen LogP contribution is 2.21. The van der Waals surface area contributed by atoms with Gasteiger partial charge in [0.05, 0.1) is 18.5 Å². The van der Waals surface area contributed by atoms with E-state index in [1.807, 2.05) is 6.07 Å². The largest absolute Gasteiger partial charge is 0.497 e. The van der Waals surface area contributed by atoms with Crippen LogP contribution in [0, 0.1) is 5.82 Å². The second-order valence-electron chi connectivity index (χ2n) is 5.62. The Morgan fingerprint density at radius 1 is 1.22 bits per heavy atom. The lowest BCUT2D eigenvalue weighted by Crippen LogP contribution is -2.29. The normalized spacial score (nSPS) is 10.5. The van der Waals surface area contributed by atoms with E-state index in [0.29, 0.717) is 15.9 Å². The highest BCUT2D eigenvalue weighted by atomic mass is 79.9. The number of nitrogens with one attached hydrogen (secondary N) is 1. The van der Waals surface area contributed by atoms with Gasteiger partial charge in [0.1, 0.15) is 18.1 Å². The number of anilines is 1. The van der Waals surface area contributed by atoms with Gasteiger partial charge in [-0.3, -0.25) is 9.59 Å². The van der Waals surface area contributed by atoms with E-state index in [1.54, 1.807) is 37.4 Å². The summed E-state index contributed by atoms with van der Waals surface area (Å²) in [6, 6.07) is 14.4. The van der Waals surface area contributed by atoms with E-state index >= 15 is 0 Å². The minimum Gasteiger partial charge on any atom is -0.497 e. The Labute approximate surface area is 162 Å². The molecule has 0 aliphatic rings. The second-order valence-corrected chi connectivity index (χ2v) is 6.53. The summed E-state index contributed by atoms with van der Waals surface area (Å²) in [5.41, 5.74) is 0.840. The number of rotatable bonds is 5. The van der Waals surface area contributed by atoms with Gasteiger partial charge in [0.25, 0.3) is 5.56 Å². The summed E-state index contributed by atoms with van der Waals surface area (Å²) in [7, 11) is 1.55. The minimum atomic E-state index is -0.580. The van der Waals surface area contributed by atoms with Crippen LogP contribution < -0.4 is 15.6 Å². The molecule has 0 saturated heterocycles. The monoisotopic (exact) mass is 431 g/mol.